The Morgan fingerprint density at radius 2 is 1.62 bits per heavy atom. The van der Waals surface area contributed by atoms with Crippen molar-refractivity contribution < 1.29 is 33.8 Å². The van der Waals surface area contributed by atoms with Crippen LogP contribution in [0.4, 0.5) is 4.79 Å². The lowest BCUT2D eigenvalue weighted by atomic mass is 9.87. The largest absolute Gasteiger partial charge is 0.458 e. The fraction of sp³-hybridized carbons (Fsp3) is 0.826. The van der Waals surface area contributed by atoms with Crippen molar-refractivity contribution in [3.8, 4) is 0 Å². The molecule has 1 saturated heterocycles. The van der Waals surface area contributed by atoms with Gasteiger partial charge in [0.05, 0.1) is 0 Å². The molecule has 0 aromatic rings. The highest BCUT2D eigenvalue weighted by Crippen LogP contribution is 2.37. The van der Waals surface area contributed by atoms with Gasteiger partial charge in [0.1, 0.15) is 23.9 Å². The molecule has 2 N–H and O–H groups in total. The van der Waals surface area contributed by atoms with E-state index in [4.69, 9.17) is 9.47 Å². The number of hydrogen-bond acceptors (Lipinski definition) is 7. The number of amides is 2. The minimum absolute atomic E-state index is 0.0415. The maximum Gasteiger partial charge on any atom is 0.411 e. The van der Waals surface area contributed by atoms with Crippen molar-refractivity contribution in [1.82, 2.24) is 10.2 Å². The van der Waals surface area contributed by atoms with Crippen LogP contribution in [0, 0.1) is 11.8 Å². The molecule has 184 valence electrons. The van der Waals surface area contributed by atoms with Crippen LogP contribution in [0.15, 0.2) is 0 Å². The SMILES string of the molecule is CCC(CNC(C)=O)C[C@@H]1[C@H](C(=O)CO)C[C@H](C(=O)OC(C)(C)C)N1C(=O)OC(C)(C)C. The van der Waals surface area contributed by atoms with Gasteiger partial charge in [-0.05, 0) is 60.3 Å². The summed E-state index contributed by atoms with van der Waals surface area (Å²) in [6, 6.07) is -1.67. The van der Waals surface area contributed by atoms with Gasteiger partial charge in [-0.2, -0.15) is 0 Å². The van der Waals surface area contributed by atoms with Crippen molar-refractivity contribution in [3.63, 3.8) is 0 Å². The average molecular weight is 457 g/mol. The molecule has 9 heteroatoms. The zero-order chi connectivity index (χ0) is 24.9. The normalized spacial score (nSPS) is 22.3. The first-order valence-corrected chi connectivity index (χ1v) is 11.2. The van der Waals surface area contributed by atoms with Crippen LogP contribution in [0.25, 0.3) is 0 Å². The van der Waals surface area contributed by atoms with Crippen molar-refractivity contribution in [2.45, 2.75) is 97.9 Å². The number of nitrogens with zero attached hydrogens (tertiary/aromatic N) is 1. The van der Waals surface area contributed by atoms with Crippen LogP contribution in [0.3, 0.4) is 0 Å². The van der Waals surface area contributed by atoms with E-state index in [1.807, 2.05) is 6.92 Å². The molecule has 32 heavy (non-hydrogen) atoms. The van der Waals surface area contributed by atoms with E-state index in [1.165, 1.54) is 11.8 Å². The predicted octanol–water partition coefficient (Wildman–Crippen LogP) is 2.44. The molecule has 0 aliphatic carbocycles. The summed E-state index contributed by atoms with van der Waals surface area (Å²) in [5.74, 6) is -2.01. The molecule has 1 aliphatic heterocycles. The molecule has 9 nitrogen and oxygen atoms in total. The van der Waals surface area contributed by atoms with E-state index in [0.29, 0.717) is 19.4 Å². The topological polar surface area (TPSA) is 122 Å². The number of aliphatic hydroxyl groups is 1. The van der Waals surface area contributed by atoms with E-state index in [9.17, 15) is 24.3 Å². The number of hydrogen-bond donors (Lipinski definition) is 2. The third-order valence-electron chi connectivity index (χ3n) is 5.28. The molecule has 0 bridgehead atoms. The van der Waals surface area contributed by atoms with Crippen LogP contribution in [0.2, 0.25) is 0 Å². The maximum absolute atomic E-state index is 13.2. The van der Waals surface area contributed by atoms with Gasteiger partial charge in [0.25, 0.3) is 0 Å². The first kappa shape index (κ1) is 27.9. The number of esters is 1. The molecule has 1 fully saturated rings. The Morgan fingerprint density at radius 3 is 2.06 bits per heavy atom. The van der Waals surface area contributed by atoms with E-state index < -0.39 is 53.7 Å². The monoisotopic (exact) mass is 456 g/mol. The van der Waals surface area contributed by atoms with Crippen LogP contribution in [-0.2, 0) is 23.9 Å². The molecule has 2 amide bonds. The van der Waals surface area contributed by atoms with Gasteiger partial charge in [-0.1, -0.05) is 13.3 Å². The fourth-order valence-corrected chi connectivity index (χ4v) is 3.86. The molecule has 1 unspecified atom stereocenters. The minimum atomic E-state index is -1.01. The summed E-state index contributed by atoms with van der Waals surface area (Å²) in [4.78, 5) is 51.5. The zero-order valence-corrected chi connectivity index (χ0v) is 20.7. The van der Waals surface area contributed by atoms with Crippen molar-refractivity contribution in [2.24, 2.45) is 11.8 Å². The summed E-state index contributed by atoms with van der Waals surface area (Å²) in [6.45, 7) is 13.4. The van der Waals surface area contributed by atoms with Gasteiger partial charge in [0, 0.05) is 25.4 Å². The van der Waals surface area contributed by atoms with Gasteiger partial charge in [0.2, 0.25) is 5.91 Å². The summed E-state index contributed by atoms with van der Waals surface area (Å²) in [6.07, 6.45) is 0.400. The number of nitrogens with one attached hydrogen (secondary N) is 1. The molecule has 0 saturated carbocycles. The van der Waals surface area contributed by atoms with Crippen LogP contribution >= 0.6 is 0 Å². The Labute approximate surface area is 191 Å². The third-order valence-corrected chi connectivity index (χ3v) is 5.28. The van der Waals surface area contributed by atoms with Gasteiger partial charge in [-0.15, -0.1) is 0 Å². The lowest BCUT2D eigenvalue weighted by Crippen LogP contribution is -2.50. The molecule has 0 radical (unpaired) electrons. The van der Waals surface area contributed by atoms with E-state index in [2.05, 4.69) is 5.32 Å². The predicted molar refractivity (Wildman–Crippen MR) is 119 cm³/mol. The standard InChI is InChI=1S/C23H40N2O7/c1-9-15(12-24-14(2)27)10-17-16(19(28)13-26)11-18(20(29)31-22(3,4)5)25(17)21(30)32-23(6,7)8/h15-18,26H,9-13H2,1-8H3,(H,24,27)/t15?,16-,17-,18-/m1/s1. The average Bonchev–Trinajstić information content (AvgIpc) is 3.01. The quantitative estimate of drug-likeness (QED) is 0.538. The summed E-state index contributed by atoms with van der Waals surface area (Å²) in [7, 11) is 0. The van der Waals surface area contributed by atoms with E-state index in [1.54, 1.807) is 41.5 Å². The molecule has 1 heterocycles. The van der Waals surface area contributed by atoms with Gasteiger partial charge >= 0.3 is 12.1 Å². The Morgan fingerprint density at radius 1 is 1.06 bits per heavy atom. The second-order valence-electron chi connectivity index (χ2n) is 10.4. The lowest BCUT2D eigenvalue weighted by molar-refractivity contribution is -0.160. The third kappa shape index (κ3) is 8.41. The first-order valence-electron chi connectivity index (χ1n) is 11.2. The van der Waals surface area contributed by atoms with E-state index in [-0.39, 0.29) is 18.2 Å². The number of Topliss-reactive ketones (excluding diaryl/α,β-unsaturated/α-hetero) is 1. The van der Waals surface area contributed by atoms with Crippen LogP contribution in [0.5, 0.6) is 0 Å². The Hall–Kier alpha value is -2.16. The molecule has 0 spiro atoms. The minimum Gasteiger partial charge on any atom is -0.458 e. The highest BCUT2D eigenvalue weighted by molar-refractivity contribution is 5.89. The number of rotatable bonds is 8. The number of ether oxygens (including phenoxy) is 2. The van der Waals surface area contributed by atoms with E-state index in [0.717, 1.165) is 0 Å². The molecule has 4 atom stereocenters. The van der Waals surface area contributed by atoms with Crippen LogP contribution in [0.1, 0.15) is 74.7 Å². The molecule has 0 aromatic heterocycles. The molecule has 1 rings (SSSR count). The Kier molecular flexibility index (Phi) is 9.68. The second-order valence-corrected chi connectivity index (χ2v) is 10.4. The second kappa shape index (κ2) is 11.1. The van der Waals surface area contributed by atoms with Crippen molar-refractivity contribution >= 4 is 23.8 Å². The number of carbonyl (C=O) groups excluding carboxylic acids is 4. The van der Waals surface area contributed by atoms with Crippen molar-refractivity contribution in [2.75, 3.05) is 13.2 Å². The molecular formula is C23H40N2O7. The molecular weight excluding hydrogens is 416 g/mol. The maximum atomic E-state index is 13.2. The summed E-state index contributed by atoms with van der Waals surface area (Å²) in [5.41, 5.74) is -1.58. The number of likely N-dealkylation sites (tertiary alicyclic amines) is 1. The Bertz CT molecular complexity index is 693. The van der Waals surface area contributed by atoms with Gasteiger partial charge < -0.3 is 19.9 Å². The number of ketones is 1. The Balaban J connectivity index is 3.36. The van der Waals surface area contributed by atoms with Crippen molar-refractivity contribution in [3.05, 3.63) is 0 Å². The lowest BCUT2D eigenvalue weighted by Gasteiger charge is -2.35. The number of aliphatic hydroxyl groups excluding tert-OH is 1. The summed E-state index contributed by atoms with van der Waals surface area (Å²) < 4.78 is 11.1. The van der Waals surface area contributed by atoms with Gasteiger partial charge in [-0.25, -0.2) is 9.59 Å². The van der Waals surface area contributed by atoms with Crippen LogP contribution in [-0.4, -0.2) is 70.2 Å². The number of carbonyl (C=O) groups is 4. The fourth-order valence-electron chi connectivity index (χ4n) is 3.86. The van der Waals surface area contributed by atoms with Gasteiger partial charge in [-0.3, -0.25) is 14.5 Å². The molecule has 1 aliphatic rings. The zero-order valence-electron chi connectivity index (χ0n) is 20.7. The smallest absolute Gasteiger partial charge is 0.411 e. The van der Waals surface area contributed by atoms with Gasteiger partial charge in [0.15, 0.2) is 5.78 Å². The van der Waals surface area contributed by atoms with Crippen molar-refractivity contribution in [1.29, 1.82) is 0 Å². The summed E-state index contributed by atoms with van der Waals surface area (Å²) in [5, 5.41) is 12.3. The first-order chi connectivity index (χ1) is 14.6. The summed E-state index contributed by atoms with van der Waals surface area (Å²) >= 11 is 0. The molecule has 0 aromatic carbocycles. The van der Waals surface area contributed by atoms with Crippen LogP contribution < -0.4 is 5.32 Å². The highest BCUT2D eigenvalue weighted by atomic mass is 16.6. The van der Waals surface area contributed by atoms with E-state index >= 15 is 0 Å². The highest BCUT2D eigenvalue weighted by Gasteiger charge is 2.52.